The van der Waals surface area contributed by atoms with Crippen LogP contribution in [0.3, 0.4) is 0 Å². The summed E-state index contributed by atoms with van der Waals surface area (Å²) in [6, 6.07) is 8.76. The molecule has 1 aliphatic heterocycles. The zero-order valence-corrected chi connectivity index (χ0v) is 16.5. The molecule has 1 aromatic carbocycles. The molecule has 2 aliphatic rings. The van der Waals surface area contributed by atoms with Gasteiger partial charge >= 0.3 is 0 Å². The van der Waals surface area contributed by atoms with Gasteiger partial charge in [-0.15, -0.1) is 0 Å². The number of hydrogen-bond donors (Lipinski definition) is 1. The number of amides is 2. The van der Waals surface area contributed by atoms with Crippen molar-refractivity contribution in [3.8, 4) is 5.75 Å². The molecule has 1 N–H and O–H groups in total. The van der Waals surface area contributed by atoms with Crippen LogP contribution in [0.25, 0.3) is 0 Å². The van der Waals surface area contributed by atoms with E-state index in [-0.39, 0.29) is 24.3 Å². The molecule has 2 fully saturated rings. The minimum Gasteiger partial charge on any atom is -0.484 e. The average Bonchev–Trinajstić information content (AvgIpc) is 2.70. The number of benzene rings is 1. The highest BCUT2D eigenvalue weighted by molar-refractivity contribution is 5.88. The fraction of sp³-hybridized carbons (Fsp3) is 0.636. The van der Waals surface area contributed by atoms with Gasteiger partial charge in [-0.3, -0.25) is 9.59 Å². The van der Waals surface area contributed by atoms with Gasteiger partial charge in [0.25, 0.3) is 5.91 Å². The number of ether oxygens (including phenoxy) is 1. The van der Waals surface area contributed by atoms with Crippen molar-refractivity contribution >= 4 is 11.8 Å². The molecule has 3 atom stereocenters. The fourth-order valence-electron chi connectivity index (χ4n) is 4.39. The molecule has 5 heteroatoms. The molecule has 1 aromatic rings. The number of piperidine rings is 1. The number of nitrogens with one attached hydrogen (secondary N) is 1. The van der Waals surface area contributed by atoms with Crippen molar-refractivity contribution in [2.75, 3.05) is 19.7 Å². The number of carbonyl (C=O) groups excluding carboxylic acids is 2. The van der Waals surface area contributed by atoms with Crippen molar-refractivity contribution in [3.05, 3.63) is 30.3 Å². The first-order valence-corrected chi connectivity index (χ1v) is 10.3. The maximum atomic E-state index is 13.1. The van der Waals surface area contributed by atoms with Crippen LogP contribution >= 0.6 is 0 Å². The van der Waals surface area contributed by atoms with E-state index in [1.807, 2.05) is 49.1 Å². The number of fused-ring (bicyclic) bond motifs is 1. The van der Waals surface area contributed by atoms with Crippen LogP contribution in [0, 0.1) is 17.8 Å². The molecule has 0 radical (unpaired) electrons. The van der Waals surface area contributed by atoms with Crippen LogP contribution in [0.5, 0.6) is 5.75 Å². The standard InChI is InChI=1S/C22H32N2O3/c1-16(2)21(23-20(25)15-27-19-10-4-3-5-11-19)22(26)24-13-12-17-8-6-7-9-18(17)14-24/h3-5,10-11,16-18,21H,6-9,12-15H2,1-2H3,(H,23,25)/t17-,18-,21-/m0/s1. The van der Waals surface area contributed by atoms with E-state index < -0.39 is 6.04 Å². The van der Waals surface area contributed by atoms with Gasteiger partial charge in [0, 0.05) is 13.1 Å². The van der Waals surface area contributed by atoms with Crippen molar-refractivity contribution in [1.82, 2.24) is 10.2 Å². The van der Waals surface area contributed by atoms with Crippen molar-refractivity contribution in [2.45, 2.75) is 52.0 Å². The molecule has 27 heavy (non-hydrogen) atoms. The van der Waals surface area contributed by atoms with Crippen LogP contribution in [-0.2, 0) is 9.59 Å². The third kappa shape index (κ3) is 5.24. The monoisotopic (exact) mass is 372 g/mol. The molecular formula is C22H32N2O3. The van der Waals surface area contributed by atoms with Crippen molar-refractivity contribution in [1.29, 1.82) is 0 Å². The highest BCUT2D eigenvalue weighted by Gasteiger charge is 2.36. The molecule has 0 spiro atoms. The Balaban J connectivity index is 1.54. The molecule has 0 unspecified atom stereocenters. The van der Waals surface area contributed by atoms with E-state index in [2.05, 4.69) is 5.32 Å². The second-order valence-corrected chi connectivity index (χ2v) is 8.27. The highest BCUT2D eigenvalue weighted by atomic mass is 16.5. The lowest BCUT2D eigenvalue weighted by Gasteiger charge is -2.42. The van der Waals surface area contributed by atoms with Gasteiger partial charge in [-0.05, 0) is 42.7 Å². The fourth-order valence-corrected chi connectivity index (χ4v) is 4.39. The largest absolute Gasteiger partial charge is 0.484 e. The first-order valence-electron chi connectivity index (χ1n) is 10.3. The number of rotatable bonds is 6. The van der Waals surface area contributed by atoms with Crippen LogP contribution < -0.4 is 10.1 Å². The number of likely N-dealkylation sites (tertiary alicyclic amines) is 1. The molecule has 1 heterocycles. The molecular weight excluding hydrogens is 340 g/mol. The zero-order valence-electron chi connectivity index (χ0n) is 16.5. The van der Waals surface area contributed by atoms with E-state index in [0.29, 0.717) is 11.7 Å². The van der Waals surface area contributed by atoms with E-state index in [9.17, 15) is 9.59 Å². The smallest absolute Gasteiger partial charge is 0.258 e. The Bertz CT molecular complexity index is 632. The van der Waals surface area contributed by atoms with E-state index in [1.165, 1.54) is 25.7 Å². The normalized spacial score (nSPS) is 23.4. The predicted molar refractivity (Wildman–Crippen MR) is 105 cm³/mol. The second kappa shape index (κ2) is 9.25. The summed E-state index contributed by atoms with van der Waals surface area (Å²) >= 11 is 0. The van der Waals surface area contributed by atoms with Crippen molar-refractivity contribution in [3.63, 3.8) is 0 Å². The Morgan fingerprint density at radius 3 is 2.52 bits per heavy atom. The summed E-state index contributed by atoms with van der Waals surface area (Å²) in [6.45, 7) is 5.55. The molecule has 148 valence electrons. The van der Waals surface area contributed by atoms with E-state index >= 15 is 0 Å². The molecule has 1 saturated heterocycles. The third-order valence-electron chi connectivity index (χ3n) is 5.97. The van der Waals surface area contributed by atoms with Crippen LogP contribution in [0.1, 0.15) is 46.0 Å². The maximum absolute atomic E-state index is 13.1. The van der Waals surface area contributed by atoms with Crippen LogP contribution in [0.15, 0.2) is 30.3 Å². The third-order valence-corrected chi connectivity index (χ3v) is 5.97. The zero-order chi connectivity index (χ0) is 19.2. The van der Waals surface area contributed by atoms with E-state index in [4.69, 9.17) is 4.74 Å². The number of para-hydroxylation sites is 1. The first kappa shape index (κ1) is 19.7. The quantitative estimate of drug-likeness (QED) is 0.834. The summed E-state index contributed by atoms with van der Waals surface area (Å²) < 4.78 is 5.51. The van der Waals surface area contributed by atoms with Gasteiger partial charge in [0.05, 0.1) is 0 Å². The summed E-state index contributed by atoms with van der Waals surface area (Å²) in [5.74, 6) is 1.93. The van der Waals surface area contributed by atoms with Crippen molar-refractivity contribution < 1.29 is 14.3 Å². The lowest BCUT2D eigenvalue weighted by Crippen LogP contribution is -2.55. The Hall–Kier alpha value is -2.04. The van der Waals surface area contributed by atoms with Gasteiger partial charge in [0.2, 0.25) is 5.91 Å². The van der Waals surface area contributed by atoms with Gasteiger partial charge < -0.3 is 15.0 Å². The Kier molecular flexibility index (Phi) is 6.75. The molecule has 1 aliphatic carbocycles. The van der Waals surface area contributed by atoms with E-state index in [1.54, 1.807) is 0 Å². The molecule has 5 nitrogen and oxygen atoms in total. The number of carbonyl (C=O) groups is 2. The maximum Gasteiger partial charge on any atom is 0.258 e. The second-order valence-electron chi connectivity index (χ2n) is 8.27. The lowest BCUT2D eigenvalue weighted by atomic mass is 9.75. The summed E-state index contributed by atoms with van der Waals surface area (Å²) in [5, 5.41) is 2.90. The Labute approximate surface area is 162 Å². The SMILES string of the molecule is CC(C)[C@H](NC(=O)COc1ccccc1)C(=O)N1CC[C@@H]2CCCC[C@H]2C1. The summed E-state index contributed by atoms with van der Waals surface area (Å²) in [7, 11) is 0. The highest BCUT2D eigenvalue weighted by Crippen LogP contribution is 2.36. The summed E-state index contributed by atoms with van der Waals surface area (Å²) in [5.41, 5.74) is 0. The van der Waals surface area contributed by atoms with Gasteiger partial charge in [-0.1, -0.05) is 51.3 Å². The van der Waals surface area contributed by atoms with E-state index in [0.717, 1.165) is 25.4 Å². The van der Waals surface area contributed by atoms with Crippen molar-refractivity contribution in [2.24, 2.45) is 17.8 Å². The molecule has 3 rings (SSSR count). The average molecular weight is 373 g/mol. The lowest BCUT2D eigenvalue weighted by molar-refractivity contribution is -0.140. The van der Waals surface area contributed by atoms with Crippen LogP contribution in [-0.4, -0.2) is 42.5 Å². The van der Waals surface area contributed by atoms with Gasteiger partial charge in [0.15, 0.2) is 6.61 Å². The molecule has 0 bridgehead atoms. The summed E-state index contributed by atoms with van der Waals surface area (Å²) in [4.78, 5) is 27.4. The van der Waals surface area contributed by atoms with Crippen LogP contribution in [0.2, 0.25) is 0 Å². The molecule has 1 saturated carbocycles. The van der Waals surface area contributed by atoms with Gasteiger partial charge in [-0.2, -0.15) is 0 Å². The number of nitrogens with zero attached hydrogens (tertiary/aromatic N) is 1. The topological polar surface area (TPSA) is 58.6 Å². The molecule has 2 amide bonds. The molecule has 0 aromatic heterocycles. The van der Waals surface area contributed by atoms with Crippen LogP contribution in [0.4, 0.5) is 0 Å². The van der Waals surface area contributed by atoms with Gasteiger partial charge in [0.1, 0.15) is 11.8 Å². The minimum atomic E-state index is -0.489. The first-order chi connectivity index (χ1) is 13.0. The minimum absolute atomic E-state index is 0.0438. The Morgan fingerprint density at radius 2 is 1.81 bits per heavy atom. The Morgan fingerprint density at radius 1 is 1.11 bits per heavy atom. The van der Waals surface area contributed by atoms with Gasteiger partial charge in [-0.25, -0.2) is 0 Å². The predicted octanol–water partition coefficient (Wildman–Crippen LogP) is 3.24. The summed E-state index contributed by atoms with van der Waals surface area (Å²) in [6.07, 6.45) is 6.27. The number of hydrogen-bond acceptors (Lipinski definition) is 3.